The molecule has 1 aliphatic rings. The van der Waals surface area contributed by atoms with Gasteiger partial charge in [0.15, 0.2) is 5.82 Å². The van der Waals surface area contributed by atoms with Crippen LogP contribution >= 0.6 is 11.8 Å². The normalized spacial score (nSPS) is 17.2. The molecule has 1 unspecified atom stereocenters. The summed E-state index contributed by atoms with van der Waals surface area (Å²) in [7, 11) is 0. The van der Waals surface area contributed by atoms with Gasteiger partial charge in [-0.05, 0) is 32.4 Å². The quantitative estimate of drug-likeness (QED) is 0.762. The minimum absolute atomic E-state index is 0.0691. The van der Waals surface area contributed by atoms with Gasteiger partial charge < -0.3 is 0 Å². The topological polar surface area (TPSA) is 63.0 Å². The van der Waals surface area contributed by atoms with E-state index in [0.29, 0.717) is 0 Å². The average molecular weight is 338 g/mol. The molecule has 3 heterocycles. The van der Waals surface area contributed by atoms with Crippen molar-refractivity contribution in [2.24, 2.45) is 4.99 Å². The summed E-state index contributed by atoms with van der Waals surface area (Å²) in [5.74, 6) is 0.740. The van der Waals surface area contributed by atoms with Crippen molar-refractivity contribution < 1.29 is 0 Å². The third-order valence-corrected chi connectivity index (χ3v) is 5.37. The summed E-state index contributed by atoms with van der Waals surface area (Å²) in [6.45, 7) is 6.07. The second-order valence-corrected chi connectivity index (χ2v) is 7.49. The fraction of sp³-hybridized carbons (Fsp3) is 0.278. The van der Waals surface area contributed by atoms with Crippen LogP contribution in [0.2, 0.25) is 0 Å². The smallest absolute Gasteiger partial charge is 0.268 e. The van der Waals surface area contributed by atoms with Crippen molar-refractivity contribution >= 4 is 33.5 Å². The minimum atomic E-state index is -0.0974. The zero-order chi connectivity index (χ0) is 16.8. The van der Waals surface area contributed by atoms with Crippen molar-refractivity contribution in [3.8, 4) is 0 Å². The Morgan fingerprint density at radius 2 is 2.04 bits per heavy atom. The highest BCUT2D eigenvalue weighted by molar-refractivity contribution is 8.14. The van der Waals surface area contributed by atoms with E-state index in [4.69, 9.17) is 0 Å². The van der Waals surface area contributed by atoms with Gasteiger partial charge in [0.25, 0.3) is 5.56 Å². The average Bonchev–Trinajstić information content (AvgIpc) is 2.90. The van der Waals surface area contributed by atoms with E-state index in [1.54, 1.807) is 18.0 Å². The second kappa shape index (κ2) is 5.63. The number of hydrogen-bond acceptors (Lipinski definition) is 4. The second-order valence-electron chi connectivity index (χ2n) is 6.19. The number of thioether (sulfide) groups is 1. The number of nitrogens with one attached hydrogen (secondary N) is 1. The summed E-state index contributed by atoms with van der Waals surface area (Å²) in [5.41, 5.74) is 2.65. The highest BCUT2D eigenvalue weighted by atomic mass is 32.2. The van der Waals surface area contributed by atoms with Crippen LogP contribution in [0.25, 0.3) is 10.9 Å². The van der Waals surface area contributed by atoms with Gasteiger partial charge in [-0.15, -0.1) is 0 Å². The van der Waals surface area contributed by atoms with Gasteiger partial charge in [0.2, 0.25) is 0 Å². The molecule has 122 valence electrons. The predicted molar refractivity (Wildman–Crippen MR) is 99.4 cm³/mol. The van der Waals surface area contributed by atoms with Crippen LogP contribution in [0.1, 0.15) is 43.2 Å². The molecule has 3 aromatic rings. The summed E-state index contributed by atoms with van der Waals surface area (Å²) in [6.07, 6.45) is 1.80. The lowest BCUT2D eigenvalue weighted by Crippen LogP contribution is -2.14. The number of aliphatic imine (C=N–C) groups is 1. The van der Waals surface area contributed by atoms with Crippen LogP contribution in [0, 0.1) is 0 Å². The van der Waals surface area contributed by atoms with Crippen molar-refractivity contribution in [2.45, 2.75) is 32.1 Å². The van der Waals surface area contributed by atoms with Crippen LogP contribution in [0.3, 0.4) is 0 Å². The van der Waals surface area contributed by atoms with E-state index in [1.165, 1.54) is 0 Å². The van der Waals surface area contributed by atoms with E-state index in [2.05, 4.69) is 21.1 Å². The standard InChI is InChI=1S/C18H18N4OS/c1-10(2)22-17-14(18(23)21-22)16(24-11(3)20-17)13-8-4-6-12-7-5-9-19-15(12)13/h4-10,16H,1-3H3,(H,21,23). The highest BCUT2D eigenvalue weighted by Gasteiger charge is 2.31. The minimum Gasteiger partial charge on any atom is -0.268 e. The van der Waals surface area contributed by atoms with Crippen LogP contribution in [0.5, 0.6) is 0 Å². The molecule has 2 aromatic heterocycles. The van der Waals surface area contributed by atoms with E-state index >= 15 is 0 Å². The number of aromatic amines is 1. The Morgan fingerprint density at radius 3 is 2.83 bits per heavy atom. The van der Waals surface area contributed by atoms with Crippen molar-refractivity contribution in [1.29, 1.82) is 0 Å². The molecular formula is C18H18N4OS. The molecule has 0 fully saturated rings. The van der Waals surface area contributed by atoms with Crippen LogP contribution < -0.4 is 5.56 Å². The van der Waals surface area contributed by atoms with Crippen LogP contribution in [0.15, 0.2) is 46.3 Å². The molecule has 0 saturated heterocycles. The van der Waals surface area contributed by atoms with Crippen LogP contribution in [0.4, 0.5) is 5.82 Å². The summed E-state index contributed by atoms with van der Waals surface area (Å²) in [6, 6.07) is 10.2. The van der Waals surface area contributed by atoms with E-state index in [-0.39, 0.29) is 16.9 Å². The molecule has 1 atom stereocenters. The number of aromatic nitrogens is 3. The lowest BCUT2D eigenvalue weighted by Gasteiger charge is -2.22. The molecule has 1 aliphatic heterocycles. The maximum absolute atomic E-state index is 12.6. The number of H-pyrrole nitrogens is 1. The summed E-state index contributed by atoms with van der Waals surface area (Å²) in [4.78, 5) is 21.8. The highest BCUT2D eigenvalue weighted by Crippen LogP contribution is 2.45. The van der Waals surface area contributed by atoms with Gasteiger partial charge in [0.1, 0.15) is 0 Å². The number of pyridine rings is 1. The van der Waals surface area contributed by atoms with Crippen molar-refractivity contribution in [3.05, 3.63) is 58.0 Å². The number of para-hydroxylation sites is 1. The third kappa shape index (κ3) is 2.29. The zero-order valence-electron chi connectivity index (χ0n) is 13.8. The SMILES string of the molecule is CC1=Nc2c(c(=O)[nH]n2C(C)C)C(c2cccc3cccnc23)S1. The molecule has 1 aromatic carbocycles. The maximum Gasteiger partial charge on any atom is 0.271 e. The molecule has 24 heavy (non-hydrogen) atoms. The molecule has 5 nitrogen and oxygen atoms in total. The number of rotatable bonds is 2. The molecule has 0 bridgehead atoms. The Hall–Kier alpha value is -2.34. The molecule has 1 N–H and O–H groups in total. The molecule has 0 aliphatic carbocycles. The fourth-order valence-corrected chi connectivity index (χ4v) is 4.27. The van der Waals surface area contributed by atoms with Crippen LogP contribution in [-0.4, -0.2) is 19.8 Å². The molecule has 0 amide bonds. The molecule has 0 spiro atoms. The van der Waals surface area contributed by atoms with Gasteiger partial charge >= 0.3 is 0 Å². The molecule has 0 saturated carbocycles. The molecule has 4 rings (SSSR count). The lowest BCUT2D eigenvalue weighted by atomic mass is 10.0. The van der Waals surface area contributed by atoms with Gasteiger partial charge in [-0.1, -0.05) is 36.0 Å². The third-order valence-electron chi connectivity index (χ3n) is 4.21. The summed E-state index contributed by atoms with van der Waals surface area (Å²) in [5, 5.41) is 4.88. The van der Waals surface area contributed by atoms with Crippen molar-refractivity contribution in [2.75, 3.05) is 0 Å². The lowest BCUT2D eigenvalue weighted by molar-refractivity contribution is 0.533. The Morgan fingerprint density at radius 1 is 1.25 bits per heavy atom. The first kappa shape index (κ1) is 15.2. The van der Waals surface area contributed by atoms with E-state index in [9.17, 15) is 4.79 Å². The zero-order valence-corrected chi connectivity index (χ0v) is 14.6. The van der Waals surface area contributed by atoms with E-state index in [1.807, 2.05) is 49.7 Å². The van der Waals surface area contributed by atoms with Gasteiger partial charge in [-0.25, -0.2) is 4.99 Å². The summed E-state index contributed by atoms with van der Waals surface area (Å²) >= 11 is 1.61. The van der Waals surface area contributed by atoms with E-state index in [0.717, 1.165) is 32.9 Å². The molecule has 0 radical (unpaired) electrons. The first-order valence-corrected chi connectivity index (χ1v) is 8.84. The summed E-state index contributed by atoms with van der Waals surface area (Å²) < 4.78 is 1.85. The predicted octanol–water partition coefficient (Wildman–Crippen LogP) is 4.19. The van der Waals surface area contributed by atoms with E-state index < -0.39 is 0 Å². The van der Waals surface area contributed by atoms with Crippen LogP contribution in [-0.2, 0) is 0 Å². The number of hydrogen-bond donors (Lipinski definition) is 1. The van der Waals surface area contributed by atoms with Crippen molar-refractivity contribution in [1.82, 2.24) is 14.8 Å². The Labute approximate surface area is 143 Å². The van der Waals surface area contributed by atoms with Gasteiger partial charge in [0.05, 0.1) is 21.4 Å². The first-order valence-electron chi connectivity index (χ1n) is 7.96. The maximum atomic E-state index is 12.6. The molecule has 6 heteroatoms. The Balaban J connectivity index is 1.99. The monoisotopic (exact) mass is 338 g/mol. The van der Waals surface area contributed by atoms with Gasteiger partial charge in [-0.3, -0.25) is 19.6 Å². The Kier molecular flexibility index (Phi) is 3.57. The number of nitrogens with zero attached hydrogens (tertiary/aromatic N) is 3. The van der Waals surface area contributed by atoms with Gasteiger partial charge in [-0.2, -0.15) is 0 Å². The Bertz CT molecular complexity index is 1010. The van der Waals surface area contributed by atoms with Crippen molar-refractivity contribution in [3.63, 3.8) is 0 Å². The molecular weight excluding hydrogens is 320 g/mol. The fourth-order valence-electron chi connectivity index (χ4n) is 3.14. The number of benzene rings is 1. The first-order chi connectivity index (χ1) is 11.6. The largest absolute Gasteiger partial charge is 0.271 e. The van der Waals surface area contributed by atoms with Gasteiger partial charge in [0, 0.05) is 17.6 Å². The number of fused-ring (bicyclic) bond motifs is 2.